The van der Waals surface area contributed by atoms with Crippen LogP contribution < -0.4 is 29.8 Å². The van der Waals surface area contributed by atoms with Gasteiger partial charge in [-0.3, -0.25) is 0 Å². The zero-order valence-corrected chi connectivity index (χ0v) is 47.3. The molecule has 72 heavy (non-hydrogen) atoms. The third-order valence-corrected chi connectivity index (χ3v) is 18.1. The number of benzene rings is 7. The van der Waals surface area contributed by atoms with Crippen molar-refractivity contribution in [3.8, 4) is 33.8 Å². The van der Waals surface area contributed by atoms with Crippen molar-refractivity contribution in [1.82, 2.24) is 4.98 Å². The molecule has 0 bridgehead atoms. The molecule has 10 rings (SSSR count). The molecule has 0 saturated carbocycles. The van der Waals surface area contributed by atoms with Gasteiger partial charge < -0.3 is 19.4 Å². The molecule has 0 fully saturated rings. The average Bonchev–Trinajstić information content (AvgIpc) is 3.79. The molecule has 0 amide bonds. The van der Waals surface area contributed by atoms with Crippen LogP contribution in [0.2, 0.25) is 13.1 Å². The first-order valence-electron chi connectivity index (χ1n) is 27.2. The maximum atomic E-state index is 9.45. The maximum absolute atomic E-state index is 9.45. The molecule has 8 aromatic rings. The summed E-state index contributed by atoms with van der Waals surface area (Å²) >= 11 is 0. The fourth-order valence-corrected chi connectivity index (χ4v) is 13.1. The van der Waals surface area contributed by atoms with Crippen LogP contribution in [0.15, 0.2) is 146 Å². The third-order valence-electron chi connectivity index (χ3n) is 14.6. The zero-order valence-electron chi connectivity index (χ0n) is 49.1. The van der Waals surface area contributed by atoms with Gasteiger partial charge in [0.15, 0.2) is 0 Å². The van der Waals surface area contributed by atoms with E-state index in [9.17, 15) is 2.74 Å². The van der Waals surface area contributed by atoms with Crippen LogP contribution in [0.3, 0.4) is 0 Å². The molecule has 370 valence electrons. The molecule has 0 unspecified atom stereocenters. The quantitative estimate of drug-likeness (QED) is 0.117. The van der Waals surface area contributed by atoms with E-state index < -0.39 is 14.1 Å². The summed E-state index contributed by atoms with van der Waals surface area (Å²) in [7, 11) is -2.19. The van der Waals surface area contributed by atoms with Crippen LogP contribution in [0.25, 0.3) is 22.3 Å². The largest absolute Gasteiger partial charge is 0.509 e. The second kappa shape index (κ2) is 18.7. The Balaban J connectivity index is 0.00000722. The van der Waals surface area contributed by atoms with E-state index in [0.29, 0.717) is 22.7 Å². The Morgan fingerprint density at radius 1 is 0.569 bits per heavy atom. The van der Waals surface area contributed by atoms with Gasteiger partial charge in [0, 0.05) is 72.6 Å². The van der Waals surface area contributed by atoms with Crippen molar-refractivity contribution in [2.24, 2.45) is 0 Å². The Labute approximate surface area is 452 Å². The standard InChI is InChI=1S/C65H67N4OSi.Pt/c1-42-43(2)60(45-23-16-15-17-24-45)62(61(44(42)3)46-35-48(64(7,8)9)37-49(36-46)65(10,11)12)68-41-67(53-27-18-19-28-54(53)68)50-25-22-26-51(39-50)70-52-31-32-58-56(40-52)69(55-29-20-21-30-57(55)71(58,13)14)59-38-47(33-34-66-59)63(4,5)6;/h15-38,41H,1-14H3;/q-3;/i15D,16D,17D,23D,24D;. The SMILES string of the molecule is [2H]c1c([2H])c([2H])c(-c2c(C)c(C)c(C)c(-c3cc(C(C)(C)C)cc(C(C)(C)C)c3)c2N2[CH-]N(c3[c-]c(Oc4[c-]c5c(cc4)[Si](C)(C)c4ccccc4N5c4cc(C(C)(C)C)ccn4)ccc3)c3ccccc32)c([2H])c1[2H].[Pt]. The molecule has 2 aliphatic heterocycles. The van der Waals surface area contributed by atoms with Crippen molar-refractivity contribution < 1.29 is 32.7 Å². The van der Waals surface area contributed by atoms with Gasteiger partial charge >= 0.3 is 0 Å². The summed E-state index contributed by atoms with van der Waals surface area (Å²) in [6.07, 6.45) is 1.90. The van der Waals surface area contributed by atoms with Gasteiger partial charge in [0.2, 0.25) is 0 Å². The number of nitrogens with zero attached hydrogens (tertiary/aromatic N) is 4. The second-order valence-corrected chi connectivity index (χ2v) is 27.2. The average molecular weight is 1150 g/mol. The molecule has 0 spiro atoms. The predicted molar refractivity (Wildman–Crippen MR) is 303 cm³/mol. The Morgan fingerprint density at radius 2 is 1.15 bits per heavy atom. The minimum atomic E-state index is -2.19. The Kier molecular flexibility index (Phi) is 11.5. The first-order valence-corrected chi connectivity index (χ1v) is 27.7. The molecule has 0 radical (unpaired) electrons. The van der Waals surface area contributed by atoms with Crippen LogP contribution in [-0.4, -0.2) is 13.1 Å². The smallest absolute Gasteiger partial charge is 0.135 e. The van der Waals surface area contributed by atoms with Gasteiger partial charge in [0.1, 0.15) is 5.82 Å². The van der Waals surface area contributed by atoms with Crippen LogP contribution in [0.1, 0.15) is 103 Å². The van der Waals surface area contributed by atoms with Crippen molar-refractivity contribution >= 4 is 58.4 Å². The molecule has 0 saturated heterocycles. The van der Waals surface area contributed by atoms with Gasteiger partial charge in [-0.1, -0.05) is 160 Å². The molecule has 5 nitrogen and oxygen atoms in total. The molecular weight excluding hydrogens is 1080 g/mol. The molecule has 3 heterocycles. The van der Waals surface area contributed by atoms with E-state index in [1.807, 2.05) is 56.2 Å². The number of rotatable bonds is 7. The van der Waals surface area contributed by atoms with Gasteiger partial charge in [0.25, 0.3) is 0 Å². The van der Waals surface area contributed by atoms with Crippen molar-refractivity contribution in [2.45, 2.75) is 112 Å². The fraction of sp³-hybridized carbons (Fsp3) is 0.262. The normalized spacial score (nSPS) is 15.1. The van der Waals surface area contributed by atoms with Crippen molar-refractivity contribution in [1.29, 1.82) is 0 Å². The van der Waals surface area contributed by atoms with Crippen LogP contribution in [-0.2, 0) is 37.3 Å². The number of para-hydroxylation sites is 3. The van der Waals surface area contributed by atoms with Crippen LogP contribution in [0, 0.1) is 39.6 Å². The van der Waals surface area contributed by atoms with E-state index in [-0.39, 0.29) is 67.0 Å². The topological polar surface area (TPSA) is 31.8 Å². The first-order chi connectivity index (χ1) is 35.7. The molecule has 0 N–H and O–H groups in total. The molecule has 7 heteroatoms. The molecule has 7 aromatic carbocycles. The number of hydrogen-bond acceptors (Lipinski definition) is 5. The minimum Gasteiger partial charge on any atom is -0.509 e. The number of anilines is 7. The molecule has 0 atom stereocenters. The number of hydrogen-bond donors (Lipinski definition) is 0. The van der Waals surface area contributed by atoms with Crippen LogP contribution in [0.5, 0.6) is 11.5 Å². The van der Waals surface area contributed by atoms with E-state index in [4.69, 9.17) is 13.8 Å². The summed E-state index contributed by atoms with van der Waals surface area (Å²) in [5.41, 5.74) is 13.7. The summed E-state index contributed by atoms with van der Waals surface area (Å²) in [6.45, 7) is 33.1. The molecule has 1 aromatic heterocycles. The Hall–Kier alpha value is -6.20. The van der Waals surface area contributed by atoms with Crippen molar-refractivity contribution in [3.63, 3.8) is 0 Å². The summed E-state index contributed by atoms with van der Waals surface area (Å²) < 4.78 is 52.2. The fourth-order valence-electron chi connectivity index (χ4n) is 10.2. The monoisotopic (exact) mass is 1150 g/mol. The van der Waals surface area contributed by atoms with E-state index in [0.717, 1.165) is 62.1 Å². The first kappa shape index (κ1) is 44.5. The second-order valence-electron chi connectivity index (χ2n) is 22.8. The van der Waals surface area contributed by atoms with Crippen LogP contribution >= 0.6 is 0 Å². The van der Waals surface area contributed by atoms with Gasteiger partial charge in [-0.2, -0.15) is 12.1 Å². The van der Waals surface area contributed by atoms with Crippen molar-refractivity contribution in [2.75, 3.05) is 14.7 Å². The Morgan fingerprint density at radius 3 is 1.79 bits per heavy atom. The van der Waals surface area contributed by atoms with Gasteiger partial charge in [0.05, 0.1) is 14.9 Å². The molecule has 0 aliphatic carbocycles. The number of fused-ring (bicyclic) bond motifs is 3. The van der Waals surface area contributed by atoms with E-state index in [1.165, 1.54) is 27.1 Å². The van der Waals surface area contributed by atoms with Gasteiger partial charge in [-0.15, -0.1) is 47.9 Å². The van der Waals surface area contributed by atoms with Gasteiger partial charge in [-0.05, 0) is 117 Å². The van der Waals surface area contributed by atoms with E-state index in [1.54, 1.807) is 0 Å². The number of pyridine rings is 1. The maximum Gasteiger partial charge on any atom is 0.135 e. The summed E-state index contributed by atoms with van der Waals surface area (Å²) in [4.78, 5) is 11.4. The summed E-state index contributed by atoms with van der Waals surface area (Å²) in [6, 6.07) is 43.7. The Bertz CT molecular complexity index is 3610. The van der Waals surface area contributed by atoms with Gasteiger partial charge in [-0.25, -0.2) is 4.98 Å². The van der Waals surface area contributed by atoms with Crippen molar-refractivity contribution in [3.05, 3.63) is 198 Å². The zero-order chi connectivity index (χ0) is 54.7. The molecular formula is C65H67N4OPtSi-3. The van der Waals surface area contributed by atoms with Crippen LogP contribution in [0.4, 0.5) is 39.9 Å². The summed E-state index contributed by atoms with van der Waals surface area (Å²) in [5, 5.41) is 2.58. The summed E-state index contributed by atoms with van der Waals surface area (Å²) in [5.74, 6) is 1.88. The minimum absolute atomic E-state index is 0. The van der Waals surface area contributed by atoms with E-state index in [2.05, 4.69) is 189 Å². The number of aromatic nitrogens is 1. The molecule has 2 aliphatic rings. The van der Waals surface area contributed by atoms with E-state index >= 15 is 0 Å². The number of ether oxygens (including phenoxy) is 1. The predicted octanol–water partition coefficient (Wildman–Crippen LogP) is 16.6. The third kappa shape index (κ3) is 9.04.